The standard InChI is InChI=1S/C7H5ClN4O2/c1-14-7(13)6-11-10-5-2-9-4(8)3-12(5)6/h2-3H,1H3. The van der Waals surface area contributed by atoms with Crippen LogP contribution in [0.15, 0.2) is 12.4 Å². The smallest absolute Gasteiger partial charge is 0.376 e. The predicted molar refractivity (Wildman–Crippen MR) is 47.1 cm³/mol. The van der Waals surface area contributed by atoms with E-state index in [2.05, 4.69) is 19.9 Å². The lowest BCUT2D eigenvalue weighted by Crippen LogP contribution is -2.07. The number of methoxy groups -OCH3 is 1. The molecular weight excluding hydrogens is 208 g/mol. The average molecular weight is 213 g/mol. The molecule has 0 spiro atoms. The second-order valence-corrected chi connectivity index (χ2v) is 2.84. The summed E-state index contributed by atoms with van der Waals surface area (Å²) < 4.78 is 5.93. The molecule has 0 aliphatic rings. The van der Waals surface area contributed by atoms with Gasteiger partial charge in [-0.25, -0.2) is 9.78 Å². The molecule has 2 rings (SSSR count). The summed E-state index contributed by atoms with van der Waals surface area (Å²) in [6.45, 7) is 0. The van der Waals surface area contributed by atoms with Crippen molar-refractivity contribution in [3.8, 4) is 0 Å². The molecule has 0 atom stereocenters. The minimum absolute atomic E-state index is 0.0757. The molecule has 0 aliphatic carbocycles. The highest BCUT2D eigenvalue weighted by Gasteiger charge is 2.14. The molecule has 2 heterocycles. The van der Waals surface area contributed by atoms with Gasteiger partial charge in [0.1, 0.15) is 5.15 Å². The van der Waals surface area contributed by atoms with Crippen LogP contribution < -0.4 is 0 Å². The number of nitrogens with zero attached hydrogens (tertiary/aromatic N) is 4. The fraction of sp³-hybridized carbons (Fsp3) is 0.143. The highest BCUT2D eigenvalue weighted by molar-refractivity contribution is 6.29. The Morgan fingerprint density at radius 2 is 2.36 bits per heavy atom. The van der Waals surface area contributed by atoms with Crippen LogP contribution in [0.3, 0.4) is 0 Å². The van der Waals surface area contributed by atoms with Gasteiger partial charge in [-0.15, -0.1) is 10.2 Å². The minimum atomic E-state index is -0.570. The Bertz CT molecular complexity index is 495. The summed E-state index contributed by atoms with van der Waals surface area (Å²) >= 11 is 5.66. The van der Waals surface area contributed by atoms with Crippen LogP contribution in [0.4, 0.5) is 0 Å². The normalized spacial score (nSPS) is 10.4. The van der Waals surface area contributed by atoms with Gasteiger partial charge in [0.05, 0.1) is 19.5 Å². The average Bonchev–Trinajstić information content (AvgIpc) is 2.59. The molecule has 0 saturated carbocycles. The van der Waals surface area contributed by atoms with Crippen molar-refractivity contribution in [3.05, 3.63) is 23.4 Å². The fourth-order valence-electron chi connectivity index (χ4n) is 1.01. The maximum absolute atomic E-state index is 11.2. The molecule has 0 radical (unpaired) electrons. The highest BCUT2D eigenvalue weighted by atomic mass is 35.5. The van der Waals surface area contributed by atoms with Gasteiger partial charge in [0, 0.05) is 0 Å². The van der Waals surface area contributed by atoms with Gasteiger partial charge >= 0.3 is 5.97 Å². The molecular formula is C7H5ClN4O2. The Morgan fingerprint density at radius 1 is 1.57 bits per heavy atom. The van der Waals surface area contributed by atoms with E-state index in [4.69, 9.17) is 11.6 Å². The quantitative estimate of drug-likeness (QED) is 0.647. The SMILES string of the molecule is COC(=O)c1nnc2cnc(Cl)cn12. The van der Waals surface area contributed by atoms with E-state index in [0.29, 0.717) is 5.65 Å². The number of hydrogen-bond donors (Lipinski definition) is 0. The van der Waals surface area contributed by atoms with Crippen molar-refractivity contribution in [2.75, 3.05) is 7.11 Å². The summed E-state index contributed by atoms with van der Waals surface area (Å²) in [4.78, 5) is 15.0. The zero-order chi connectivity index (χ0) is 10.1. The van der Waals surface area contributed by atoms with Crippen LogP contribution in [0.1, 0.15) is 10.6 Å². The van der Waals surface area contributed by atoms with Crippen molar-refractivity contribution in [2.45, 2.75) is 0 Å². The lowest BCUT2D eigenvalue weighted by atomic mass is 10.6. The van der Waals surface area contributed by atoms with Gasteiger partial charge in [0.2, 0.25) is 5.82 Å². The van der Waals surface area contributed by atoms with Gasteiger partial charge in [0.15, 0.2) is 5.65 Å². The third kappa shape index (κ3) is 1.29. The summed E-state index contributed by atoms with van der Waals surface area (Å²) in [6, 6.07) is 0. The second-order valence-electron chi connectivity index (χ2n) is 2.45. The van der Waals surface area contributed by atoms with Gasteiger partial charge in [-0.1, -0.05) is 11.6 Å². The molecule has 0 fully saturated rings. The largest absolute Gasteiger partial charge is 0.463 e. The zero-order valence-corrected chi connectivity index (χ0v) is 7.89. The fourth-order valence-corrected chi connectivity index (χ4v) is 1.15. The molecule has 0 N–H and O–H groups in total. The van der Waals surface area contributed by atoms with Crippen molar-refractivity contribution in [1.82, 2.24) is 19.6 Å². The number of carbonyl (C=O) groups is 1. The Hall–Kier alpha value is -1.69. The van der Waals surface area contributed by atoms with Crippen molar-refractivity contribution in [3.63, 3.8) is 0 Å². The van der Waals surface area contributed by atoms with Crippen LogP contribution in [0.25, 0.3) is 5.65 Å². The Labute approximate surface area is 83.5 Å². The lowest BCUT2D eigenvalue weighted by molar-refractivity contribution is 0.0585. The third-order valence-corrected chi connectivity index (χ3v) is 1.82. The van der Waals surface area contributed by atoms with E-state index in [1.807, 2.05) is 0 Å². The third-order valence-electron chi connectivity index (χ3n) is 1.63. The number of fused-ring (bicyclic) bond motifs is 1. The van der Waals surface area contributed by atoms with E-state index in [-0.39, 0.29) is 11.0 Å². The summed E-state index contributed by atoms with van der Waals surface area (Å²) in [7, 11) is 1.27. The summed E-state index contributed by atoms with van der Waals surface area (Å²) in [6.07, 6.45) is 2.87. The predicted octanol–water partition coefficient (Wildman–Crippen LogP) is 0.564. The molecule has 0 amide bonds. The zero-order valence-electron chi connectivity index (χ0n) is 7.14. The number of aromatic nitrogens is 4. The van der Waals surface area contributed by atoms with E-state index >= 15 is 0 Å². The number of halogens is 1. The van der Waals surface area contributed by atoms with E-state index in [1.165, 1.54) is 23.9 Å². The van der Waals surface area contributed by atoms with Crippen molar-refractivity contribution in [2.24, 2.45) is 0 Å². The van der Waals surface area contributed by atoms with Gasteiger partial charge < -0.3 is 4.74 Å². The maximum atomic E-state index is 11.2. The molecule has 72 valence electrons. The van der Waals surface area contributed by atoms with Gasteiger partial charge in [-0.05, 0) is 0 Å². The van der Waals surface area contributed by atoms with E-state index in [1.54, 1.807) is 0 Å². The number of carbonyl (C=O) groups excluding carboxylic acids is 1. The summed E-state index contributed by atoms with van der Waals surface area (Å²) in [5.41, 5.74) is 0.440. The first-order chi connectivity index (χ1) is 6.72. The number of esters is 1. The molecule has 6 nitrogen and oxygen atoms in total. The Morgan fingerprint density at radius 3 is 3.07 bits per heavy atom. The number of hydrogen-bond acceptors (Lipinski definition) is 5. The highest BCUT2D eigenvalue weighted by Crippen LogP contribution is 2.08. The number of ether oxygens (including phenoxy) is 1. The molecule has 0 aliphatic heterocycles. The molecule has 0 saturated heterocycles. The number of rotatable bonds is 1. The monoisotopic (exact) mass is 212 g/mol. The molecule has 2 aromatic rings. The van der Waals surface area contributed by atoms with E-state index in [9.17, 15) is 4.79 Å². The Kier molecular flexibility index (Phi) is 2.05. The van der Waals surface area contributed by atoms with Crippen LogP contribution in [0.2, 0.25) is 5.15 Å². The van der Waals surface area contributed by atoms with Crippen LogP contribution in [-0.2, 0) is 4.74 Å². The summed E-state index contributed by atoms with van der Waals surface area (Å²) in [5, 5.41) is 7.62. The molecule has 0 bridgehead atoms. The van der Waals surface area contributed by atoms with Gasteiger partial charge in [-0.3, -0.25) is 4.40 Å². The molecule has 0 aromatic carbocycles. The molecule has 0 unspecified atom stereocenters. The molecule has 2 aromatic heterocycles. The first kappa shape index (κ1) is 8.89. The maximum Gasteiger partial charge on any atom is 0.376 e. The topological polar surface area (TPSA) is 69.4 Å². The Balaban J connectivity index is 2.67. The van der Waals surface area contributed by atoms with Crippen molar-refractivity contribution >= 4 is 23.2 Å². The van der Waals surface area contributed by atoms with Gasteiger partial charge in [0.25, 0.3) is 0 Å². The molecule has 14 heavy (non-hydrogen) atoms. The minimum Gasteiger partial charge on any atom is -0.463 e. The van der Waals surface area contributed by atoms with Crippen LogP contribution in [-0.4, -0.2) is 32.7 Å². The van der Waals surface area contributed by atoms with Crippen molar-refractivity contribution < 1.29 is 9.53 Å². The second kappa shape index (κ2) is 3.22. The first-order valence-corrected chi connectivity index (χ1v) is 4.05. The lowest BCUT2D eigenvalue weighted by Gasteiger charge is -1.96. The van der Waals surface area contributed by atoms with Crippen molar-refractivity contribution in [1.29, 1.82) is 0 Å². The van der Waals surface area contributed by atoms with E-state index < -0.39 is 5.97 Å². The molecule has 7 heteroatoms. The van der Waals surface area contributed by atoms with Gasteiger partial charge in [-0.2, -0.15) is 0 Å². The van der Waals surface area contributed by atoms with Crippen LogP contribution in [0, 0.1) is 0 Å². The van der Waals surface area contributed by atoms with Crippen LogP contribution in [0.5, 0.6) is 0 Å². The first-order valence-electron chi connectivity index (χ1n) is 3.67. The van der Waals surface area contributed by atoms with E-state index in [0.717, 1.165) is 0 Å². The summed E-state index contributed by atoms with van der Waals surface area (Å²) in [5.74, 6) is -0.494. The van der Waals surface area contributed by atoms with Crippen LogP contribution >= 0.6 is 11.6 Å².